The Morgan fingerprint density at radius 3 is 2.76 bits per heavy atom. The molecule has 1 aliphatic carbocycles. The lowest BCUT2D eigenvalue weighted by atomic mass is 9.56. The van der Waals surface area contributed by atoms with Crippen LogP contribution in [-0.4, -0.2) is 66.8 Å². The summed E-state index contributed by atoms with van der Waals surface area (Å²) in [6, 6.07) is 18.9. The summed E-state index contributed by atoms with van der Waals surface area (Å²) in [6.07, 6.45) is 8.64. The smallest absolute Gasteiger partial charge is 0.222 e. The number of benzene rings is 2. The van der Waals surface area contributed by atoms with E-state index in [2.05, 4.69) is 53.9 Å². The molecule has 1 saturated carbocycles. The first-order chi connectivity index (χ1) is 18.0. The Bertz CT molecular complexity index is 1030. The van der Waals surface area contributed by atoms with Crippen molar-refractivity contribution in [3.63, 3.8) is 0 Å². The number of aliphatic hydroxyl groups is 1. The second kappa shape index (κ2) is 12.7. The number of piperidine rings is 1. The first-order valence-corrected chi connectivity index (χ1v) is 13.9. The van der Waals surface area contributed by atoms with Gasteiger partial charge in [-0.15, -0.1) is 6.58 Å². The number of amides is 1. The number of likely N-dealkylation sites (tertiary alicyclic amines) is 1. The average molecular weight is 505 g/mol. The lowest BCUT2D eigenvalue weighted by Gasteiger charge is -2.56. The average Bonchev–Trinajstić information content (AvgIpc) is 2.93. The standard InChI is InChI=1S/C32H44N2O3/c1-4-19-34-20-18-32(26-15-11-16-28(21-26)37-3)23-27(22-30(35)29(32)24-34)33(2)31(36)17-10-6-9-14-25-12-7-5-8-13-25/h4-5,7-8,11-13,15-16,21,27,29-30,35H,1,6,9-10,14,17-20,22-24H2,2-3H3/t27-,29+,30?,32+/m1/s1. The largest absolute Gasteiger partial charge is 0.497 e. The van der Waals surface area contributed by atoms with Crippen LogP contribution in [0.15, 0.2) is 67.3 Å². The topological polar surface area (TPSA) is 53.0 Å². The van der Waals surface area contributed by atoms with Crippen LogP contribution in [0.5, 0.6) is 5.75 Å². The molecule has 0 bridgehead atoms. The summed E-state index contributed by atoms with van der Waals surface area (Å²) in [6.45, 7) is 6.55. The maximum atomic E-state index is 13.2. The van der Waals surface area contributed by atoms with Gasteiger partial charge in [0, 0.05) is 43.9 Å². The summed E-state index contributed by atoms with van der Waals surface area (Å²) >= 11 is 0. The predicted molar refractivity (Wildman–Crippen MR) is 150 cm³/mol. The third-order valence-electron chi connectivity index (χ3n) is 8.79. The zero-order chi connectivity index (χ0) is 26.3. The lowest BCUT2D eigenvalue weighted by Crippen LogP contribution is -2.61. The van der Waals surface area contributed by atoms with Gasteiger partial charge in [0.05, 0.1) is 13.2 Å². The SMILES string of the molecule is C=CCN1CC[C@@]2(c3cccc(OC)c3)C[C@H](N(C)C(=O)CCCCCc3ccccc3)CC(O)[C@@H]2C1. The first-order valence-electron chi connectivity index (χ1n) is 13.9. The number of hydrogen-bond donors (Lipinski definition) is 1. The van der Waals surface area contributed by atoms with Crippen molar-refractivity contribution in [1.29, 1.82) is 0 Å². The number of unbranched alkanes of at least 4 members (excludes halogenated alkanes) is 2. The maximum Gasteiger partial charge on any atom is 0.222 e. The number of hydrogen-bond acceptors (Lipinski definition) is 4. The first kappa shape index (κ1) is 27.4. The molecule has 0 aromatic heterocycles. The molecule has 200 valence electrons. The van der Waals surface area contributed by atoms with E-state index in [1.165, 1.54) is 11.1 Å². The van der Waals surface area contributed by atoms with Gasteiger partial charge in [-0.1, -0.05) is 55.0 Å². The molecule has 5 nitrogen and oxygen atoms in total. The Kier molecular flexibility index (Phi) is 9.44. The number of ether oxygens (including phenoxy) is 1. The molecule has 1 unspecified atom stereocenters. The summed E-state index contributed by atoms with van der Waals surface area (Å²) < 4.78 is 5.56. The molecule has 2 fully saturated rings. The van der Waals surface area contributed by atoms with Crippen LogP contribution < -0.4 is 4.74 Å². The minimum Gasteiger partial charge on any atom is -0.497 e. The Morgan fingerprint density at radius 1 is 1.19 bits per heavy atom. The number of carbonyl (C=O) groups is 1. The lowest BCUT2D eigenvalue weighted by molar-refractivity contribution is -0.136. The summed E-state index contributed by atoms with van der Waals surface area (Å²) in [5.41, 5.74) is 2.40. The highest BCUT2D eigenvalue weighted by molar-refractivity contribution is 5.76. The van der Waals surface area contributed by atoms with Crippen molar-refractivity contribution in [3.8, 4) is 5.75 Å². The molecule has 4 atom stereocenters. The van der Waals surface area contributed by atoms with Gasteiger partial charge >= 0.3 is 0 Å². The van der Waals surface area contributed by atoms with Gasteiger partial charge in [0.15, 0.2) is 0 Å². The van der Waals surface area contributed by atoms with Crippen molar-refractivity contribution < 1.29 is 14.6 Å². The molecular weight excluding hydrogens is 460 g/mol. The molecule has 1 amide bonds. The maximum absolute atomic E-state index is 13.2. The van der Waals surface area contributed by atoms with Crippen molar-refractivity contribution in [2.24, 2.45) is 5.92 Å². The molecule has 1 saturated heterocycles. The fraction of sp³-hybridized carbons (Fsp3) is 0.531. The van der Waals surface area contributed by atoms with Crippen molar-refractivity contribution in [2.45, 2.75) is 68.9 Å². The van der Waals surface area contributed by atoms with E-state index in [1.54, 1.807) is 7.11 Å². The van der Waals surface area contributed by atoms with E-state index in [0.29, 0.717) is 12.8 Å². The van der Waals surface area contributed by atoms with Crippen LogP contribution in [0.3, 0.4) is 0 Å². The highest BCUT2D eigenvalue weighted by Gasteiger charge is 2.52. The van der Waals surface area contributed by atoms with Gasteiger partial charge in [-0.3, -0.25) is 9.69 Å². The number of methoxy groups -OCH3 is 1. The second-order valence-electron chi connectivity index (χ2n) is 11.0. The molecule has 2 aliphatic rings. The Hall–Kier alpha value is -2.63. The Balaban J connectivity index is 1.42. The Labute approximate surface area is 223 Å². The fourth-order valence-electron chi connectivity index (χ4n) is 6.64. The molecule has 2 aromatic carbocycles. The van der Waals surface area contributed by atoms with Gasteiger partial charge in [-0.05, 0) is 68.3 Å². The van der Waals surface area contributed by atoms with Crippen molar-refractivity contribution >= 4 is 5.91 Å². The third-order valence-corrected chi connectivity index (χ3v) is 8.79. The second-order valence-corrected chi connectivity index (χ2v) is 11.0. The number of carbonyl (C=O) groups excluding carboxylic acids is 1. The highest BCUT2D eigenvalue weighted by Crippen LogP contribution is 2.50. The highest BCUT2D eigenvalue weighted by atomic mass is 16.5. The quantitative estimate of drug-likeness (QED) is 0.337. The van der Waals surface area contributed by atoms with Crippen molar-refractivity contribution in [3.05, 3.63) is 78.4 Å². The summed E-state index contributed by atoms with van der Waals surface area (Å²) in [4.78, 5) is 17.6. The molecule has 0 spiro atoms. The van der Waals surface area contributed by atoms with E-state index < -0.39 is 6.10 Å². The van der Waals surface area contributed by atoms with Gasteiger partial charge < -0.3 is 14.7 Å². The minimum absolute atomic E-state index is 0.0280. The fourth-order valence-corrected chi connectivity index (χ4v) is 6.64. The molecule has 4 rings (SSSR count). The van der Waals surface area contributed by atoms with Crippen LogP contribution in [-0.2, 0) is 16.6 Å². The normalized spacial score (nSPS) is 25.8. The predicted octanol–water partition coefficient (Wildman–Crippen LogP) is 5.23. The summed E-state index contributed by atoms with van der Waals surface area (Å²) in [5.74, 6) is 1.15. The van der Waals surface area contributed by atoms with E-state index in [1.807, 2.05) is 30.2 Å². The molecule has 5 heteroatoms. The van der Waals surface area contributed by atoms with Crippen LogP contribution in [0.4, 0.5) is 0 Å². The van der Waals surface area contributed by atoms with E-state index >= 15 is 0 Å². The van der Waals surface area contributed by atoms with E-state index in [4.69, 9.17) is 4.74 Å². The minimum atomic E-state index is -0.460. The molecule has 2 aromatic rings. The van der Waals surface area contributed by atoms with Gasteiger partial charge in [0.1, 0.15) is 5.75 Å². The zero-order valence-electron chi connectivity index (χ0n) is 22.6. The monoisotopic (exact) mass is 504 g/mol. The van der Waals surface area contributed by atoms with E-state index in [9.17, 15) is 9.90 Å². The van der Waals surface area contributed by atoms with Crippen LogP contribution >= 0.6 is 0 Å². The number of aliphatic hydroxyl groups excluding tert-OH is 1. The van der Waals surface area contributed by atoms with Gasteiger partial charge in [0.25, 0.3) is 0 Å². The molecule has 1 heterocycles. The Morgan fingerprint density at radius 2 is 2.00 bits per heavy atom. The third kappa shape index (κ3) is 6.45. The van der Waals surface area contributed by atoms with Crippen LogP contribution in [0.25, 0.3) is 0 Å². The molecular formula is C32H44N2O3. The number of aryl methyl sites for hydroxylation is 1. The van der Waals surface area contributed by atoms with Crippen LogP contribution in [0, 0.1) is 5.92 Å². The molecule has 0 radical (unpaired) electrons. The summed E-state index contributed by atoms with van der Waals surface area (Å²) in [5, 5.41) is 11.5. The van der Waals surface area contributed by atoms with Crippen LogP contribution in [0.1, 0.15) is 56.1 Å². The van der Waals surface area contributed by atoms with Gasteiger partial charge in [-0.2, -0.15) is 0 Å². The van der Waals surface area contributed by atoms with Crippen molar-refractivity contribution in [1.82, 2.24) is 9.80 Å². The summed E-state index contributed by atoms with van der Waals surface area (Å²) in [7, 11) is 3.64. The van der Waals surface area contributed by atoms with Gasteiger partial charge in [-0.25, -0.2) is 0 Å². The number of fused-ring (bicyclic) bond motifs is 1. The molecule has 1 N–H and O–H groups in total. The zero-order valence-corrected chi connectivity index (χ0v) is 22.6. The van der Waals surface area contributed by atoms with E-state index in [0.717, 1.165) is 63.9 Å². The molecule has 37 heavy (non-hydrogen) atoms. The number of rotatable bonds is 11. The number of nitrogens with zero attached hydrogens (tertiary/aromatic N) is 2. The van der Waals surface area contributed by atoms with E-state index in [-0.39, 0.29) is 23.3 Å². The molecule has 1 aliphatic heterocycles. The van der Waals surface area contributed by atoms with Crippen LogP contribution in [0.2, 0.25) is 0 Å². The van der Waals surface area contributed by atoms with Crippen molar-refractivity contribution in [2.75, 3.05) is 33.8 Å². The van der Waals surface area contributed by atoms with Gasteiger partial charge in [0.2, 0.25) is 5.91 Å².